The first-order chi connectivity index (χ1) is 16.5. The number of rotatable bonds is 10. The van der Waals surface area contributed by atoms with Crippen LogP contribution < -0.4 is 11.1 Å². The number of nitrogens with zero attached hydrogens (tertiary/aromatic N) is 3. The molecule has 10 heteroatoms. The van der Waals surface area contributed by atoms with Gasteiger partial charge in [0.25, 0.3) is 0 Å². The largest absolute Gasteiger partial charge is 0.467 e. The van der Waals surface area contributed by atoms with Gasteiger partial charge in [-0.2, -0.15) is 0 Å². The second kappa shape index (κ2) is 10.8. The van der Waals surface area contributed by atoms with Crippen molar-refractivity contribution in [2.75, 3.05) is 5.32 Å². The predicted octanol–water partition coefficient (Wildman–Crippen LogP) is 3.95. The highest BCUT2D eigenvalue weighted by Gasteiger charge is 2.26. The molecule has 0 aliphatic carbocycles. The maximum Gasteiger partial charge on any atom is 0.242 e. The Balaban J connectivity index is 1.64. The minimum Gasteiger partial charge on any atom is -0.467 e. The first-order valence-corrected chi connectivity index (χ1v) is 11.4. The molecule has 0 fully saturated rings. The molecule has 0 spiro atoms. The van der Waals surface area contributed by atoms with E-state index in [2.05, 4.69) is 15.5 Å². The van der Waals surface area contributed by atoms with E-state index in [0.717, 1.165) is 5.56 Å². The number of aromatic nitrogens is 3. The molecule has 0 saturated carbocycles. The van der Waals surface area contributed by atoms with E-state index in [4.69, 9.17) is 10.2 Å². The Hall–Kier alpha value is -3.92. The van der Waals surface area contributed by atoms with Crippen molar-refractivity contribution in [3.8, 4) is 0 Å². The van der Waals surface area contributed by atoms with Gasteiger partial charge in [0.15, 0.2) is 5.16 Å². The fraction of sp³-hybridized carbons (Fsp3) is 0.167. The Morgan fingerprint density at radius 3 is 2.50 bits per heavy atom. The van der Waals surface area contributed by atoms with Gasteiger partial charge in [-0.05, 0) is 42.0 Å². The third-order valence-electron chi connectivity index (χ3n) is 4.96. The van der Waals surface area contributed by atoms with E-state index < -0.39 is 11.2 Å². The fourth-order valence-electron chi connectivity index (χ4n) is 3.29. The zero-order valence-corrected chi connectivity index (χ0v) is 18.9. The number of nitrogens with two attached hydrogens (primary N) is 1. The highest BCUT2D eigenvalue weighted by atomic mass is 32.2. The van der Waals surface area contributed by atoms with E-state index in [-0.39, 0.29) is 18.1 Å². The summed E-state index contributed by atoms with van der Waals surface area (Å²) in [6, 6.07) is 18.4. The van der Waals surface area contributed by atoms with Crippen molar-refractivity contribution in [1.29, 1.82) is 0 Å². The summed E-state index contributed by atoms with van der Waals surface area (Å²) in [6.07, 6.45) is 1.99. The number of halogens is 1. The zero-order chi connectivity index (χ0) is 23.9. The van der Waals surface area contributed by atoms with Crippen molar-refractivity contribution in [3.05, 3.63) is 96.0 Å². The van der Waals surface area contributed by atoms with Gasteiger partial charge in [-0.25, -0.2) is 4.39 Å². The summed E-state index contributed by atoms with van der Waals surface area (Å²) in [5, 5.41) is 11.2. The Kier molecular flexibility index (Phi) is 7.38. The molecule has 34 heavy (non-hydrogen) atoms. The van der Waals surface area contributed by atoms with E-state index >= 15 is 0 Å². The first-order valence-electron chi connectivity index (χ1n) is 10.5. The average molecular weight is 480 g/mol. The molecule has 0 saturated heterocycles. The minimum absolute atomic E-state index is 0.119. The van der Waals surface area contributed by atoms with Crippen LogP contribution in [0.2, 0.25) is 0 Å². The minimum atomic E-state index is -0.671. The van der Waals surface area contributed by atoms with Crippen molar-refractivity contribution < 1.29 is 18.4 Å². The van der Waals surface area contributed by atoms with Gasteiger partial charge in [0.2, 0.25) is 11.8 Å². The number of hydrogen-bond donors (Lipinski definition) is 2. The third kappa shape index (κ3) is 5.90. The number of primary amides is 1. The molecule has 2 aromatic carbocycles. The highest BCUT2D eigenvalue weighted by molar-refractivity contribution is 8.00. The summed E-state index contributed by atoms with van der Waals surface area (Å²) >= 11 is 1.22. The monoisotopic (exact) mass is 479 g/mol. The van der Waals surface area contributed by atoms with Gasteiger partial charge in [0, 0.05) is 18.5 Å². The molecule has 174 valence electrons. The maximum absolute atomic E-state index is 13.3. The summed E-state index contributed by atoms with van der Waals surface area (Å²) < 4.78 is 20.6. The normalized spacial score (nSPS) is 11.8. The third-order valence-corrected chi connectivity index (χ3v) is 6.19. The molecular weight excluding hydrogens is 457 g/mol. The lowest BCUT2D eigenvalue weighted by Gasteiger charge is -2.17. The average Bonchev–Trinajstić information content (AvgIpc) is 3.48. The molecule has 0 aliphatic heterocycles. The number of carbonyl (C=O) groups excluding carboxylic acids is 2. The van der Waals surface area contributed by atoms with Crippen LogP contribution >= 0.6 is 11.8 Å². The molecule has 0 bridgehead atoms. The summed E-state index contributed by atoms with van der Waals surface area (Å²) in [5.74, 6) is 0.107. The number of thioether (sulfide) groups is 1. The summed E-state index contributed by atoms with van der Waals surface area (Å²) in [5.41, 5.74) is 6.56. The Bertz CT molecular complexity index is 1240. The van der Waals surface area contributed by atoms with Crippen LogP contribution in [-0.4, -0.2) is 26.6 Å². The molecule has 4 rings (SSSR count). The Morgan fingerprint density at radius 2 is 1.82 bits per heavy atom. The van der Waals surface area contributed by atoms with E-state index in [1.807, 2.05) is 41.0 Å². The Morgan fingerprint density at radius 1 is 1.06 bits per heavy atom. The number of furan rings is 1. The van der Waals surface area contributed by atoms with Gasteiger partial charge in [-0.3, -0.25) is 14.2 Å². The molecule has 1 unspecified atom stereocenters. The van der Waals surface area contributed by atoms with E-state index in [1.54, 1.807) is 12.3 Å². The lowest BCUT2D eigenvalue weighted by Crippen LogP contribution is -2.20. The van der Waals surface area contributed by atoms with Crippen LogP contribution in [0.25, 0.3) is 0 Å². The van der Waals surface area contributed by atoms with Crippen LogP contribution in [0, 0.1) is 5.82 Å². The first kappa shape index (κ1) is 23.2. The maximum atomic E-state index is 13.3. The molecular formula is C24H22FN5O3S. The lowest BCUT2D eigenvalue weighted by atomic mass is 10.1. The van der Waals surface area contributed by atoms with Gasteiger partial charge in [0.05, 0.1) is 12.8 Å². The van der Waals surface area contributed by atoms with Crippen LogP contribution in [0.3, 0.4) is 0 Å². The van der Waals surface area contributed by atoms with Crippen molar-refractivity contribution in [2.24, 2.45) is 5.73 Å². The van der Waals surface area contributed by atoms with Crippen molar-refractivity contribution in [1.82, 2.24) is 14.8 Å². The van der Waals surface area contributed by atoms with E-state index in [9.17, 15) is 14.0 Å². The topological polar surface area (TPSA) is 116 Å². The Labute approximate surface area is 199 Å². The van der Waals surface area contributed by atoms with Crippen LogP contribution in [-0.2, 0) is 22.6 Å². The number of amides is 2. The number of hydrogen-bond acceptors (Lipinski definition) is 6. The van der Waals surface area contributed by atoms with Gasteiger partial charge < -0.3 is 15.5 Å². The smallest absolute Gasteiger partial charge is 0.242 e. The molecule has 2 amide bonds. The SMILES string of the molecule is NC(=O)CCc1nnc(SC(C(=O)Nc2ccc(F)cc2)c2ccccc2)n1Cc1ccco1. The van der Waals surface area contributed by atoms with Gasteiger partial charge in [-0.15, -0.1) is 10.2 Å². The van der Waals surface area contributed by atoms with Crippen molar-refractivity contribution in [3.63, 3.8) is 0 Å². The molecule has 0 aliphatic rings. The van der Waals surface area contributed by atoms with E-state index in [0.29, 0.717) is 35.4 Å². The molecule has 2 heterocycles. The van der Waals surface area contributed by atoms with Crippen molar-refractivity contribution >= 4 is 29.3 Å². The number of benzene rings is 2. The standard InChI is InChI=1S/C24H22FN5O3S/c25-17-8-10-18(11-9-17)27-23(32)22(16-5-2-1-3-6-16)34-24-29-28-21(13-12-20(26)31)30(24)15-19-7-4-14-33-19/h1-11,14,22H,12-13,15H2,(H2,26,31)(H,27,32). The highest BCUT2D eigenvalue weighted by Crippen LogP contribution is 2.36. The van der Waals surface area contributed by atoms with E-state index in [1.165, 1.54) is 36.0 Å². The van der Waals surface area contributed by atoms with Gasteiger partial charge in [0.1, 0.15) is 22.7 Å². The van der Waals surface area contributed by atoms with Crippen LogP contribution in [0.5, 0.6) is 0 Å². The number of carbonyl (C=O) groups is 2. The van der Waals surface area contributed by atoms with Crippen LogP contribution in [0.15, 0.2) is 82.6 Å². The summed E-state index contributed by atoms with van der Waals surface area (Å²) in [7, 11) is 0. The lowest BCUT2D eigenvalue weighted by molar-refractivity contribution is -0.118. The molecule has 8 nitrogen and oxygen atoms in total. The summed E-state index contributed by atoms with van der Waals surface area (Å²) in [6.45, 7) is 0.331. The zero-order valence-electron chi connectivity index (χ0n) is 18.1. The molecule has 1 atom stereocenters. The van der Waals surface area contributed by atoms with Crippen LogP contribution in [0.1, 0.15) is 28.8 Å². The van der Waals surface area contributed by atoms with Gasteiger partial charge in [-0.1, -0.05) is 42.1 Å². The number of aryl methyl sites for hydroxylation is 1. The van der Waals surface area contributed by atoms with Crippen molar-refractivity contribution in [2.45, 2.75) is 29.8 Å². The molecule has 2 aromatic heterocycles. The second-order valence-corrected chi connectivity index (χ2v) is 8.51. The summed E-state index contributed by atoms with van der Waals surface area (Å²) in [4.78, 5) is 24.6. The number of nitrogens with one attached hydrogen (secondary N) is 1. The molecule has 4 aromatic rings. The fourth-order valence-corrected chi connectivity index (χ4v) is 4.35. The molecule has 0 radical (unpaired) electrons. The van der Waals surface area contributed by atoms with Gasteiger partial charge >= 0.3 is 0 Å². The van der Waals surface area contributed by atoms with Crippen LogP contribution in [0.4, 0.5) is 10.1 Å². The number of anilines is 1. The quantitative estimate of drug-likeness (QED) is 0.333. The second-order valence-electron chi connectivity index (χ2n) is 7.44. The molecule has 3 N–H and O–H groups in total. The predicted molar refractivity (Wildman–Crippen MR) is 125 cm³/mol.